The maximum absolute atomic E-state index is 13.7. The highest BCUT2D eigenvalue weighted by Gasteiger charge is 2.22. The number of hydrogen-bond acceptors (Lipinski definition) is 3. The van der Waals surface area contributed by atoms with E-state index in [1.54, 1.807) is 18.2 Å². The summed E-state index contributed by atoms with van der Waals surface area (Å²) in [6, 6.07) is 16.5. The molecule has 150 valence electrons. The Morgan fingerprint density at radius 1 is 1.03 bits per heavy atom. The maximum atomic E-state index is 13.7. The summed E-state index contributed by atoms with van der Waals surface area (Å²) in [6.07, 6.45) is 0. The van der Waals surface area contributed by atoms with Crippen LogP contribution in [0.25, 0.3) is 0 Å². The number of benzene rings is 3. The van der Waals surface area contributed by atoms with Crippen molar-refractivity contribution in [2.75, 3.05) is 16.7 Å². The third kappa shape index (κ3) is 4.41. The van der Waals surface area contributed by atoms with E-state index in [4.69, 9.17) is 11.6 Å². The fraction of sp³-hybridized carbons (Fsp3) is 0.0952. The molecule has 0 aliphatic heterocycles. The van der Waals surface area contributed by atoms with E-state index in [9.17, 15) is 17.6 Å². The van der Waals surface area contributed by atoms with E-state index < -0.39 is 21.7 Å². The summed E-state index contributed by atoms with van der Waals surface area (Å²) >= 11 is 6.22. The molecular formula is C21H18ClFN2O3S. The van der Waals surface area contributed by atoms with Gasteiger partial charge in [0.1, 0.15) is 5.82 Å². The van der Waals surface area contributed by atoms with Crippen molar-refractivity contribution in [2.24, 2.45) is 0 Å². The largest absolute Gasteiger partial charge is 0.319 e. The third-order valence-electron chi connectivity index (χ3n) is 4.36. The molecule has 0 radical (unpaired) electrons. The minimum absolute atomic E-state index is 0.0247. The van der Waals surface area contributed by atoms with Crippen LogP contribution in [0.3, 0.4) is 0 Å². The Balaban J connectivity index is 1.86. The predicted octanol–water partition coefficient (Wildman–Crippen LogP) is 4.86. The van der Waals surface area contributed by atoms with Crippen LogP contribution in [0.2, 0.25) is 5.02 Å². The number of nitrogens with zero attached hydrogens (tertiary/aromatic N) is 1. The van der Waals surface area contributed by atoms with E-state index in [0.717, 1.165) is 9.87 Å². The lowest BCUT2D eigenvalue weighted by Crippen LogP contribution is -2.26. The summed E-state index contributed by atoms with van der Waals surface area (Å²) in [4.78, 5) is 12.6. The lowest BCUT2D eigenvalue weighted by molar-refractivity contribution is 0.102. The molecule has 1 N–H and O–H groups in total. The van der Waals surface area contributed by atoms with Crippen LogP contribution in [0.15, 0.2) is 71.6 Å². The number of aryl methyl sites for hydroxylation is 1. The number of rotatable bonds is 5. The average Bonchev–Trinajstić information content (AvgIpc) is 2.69. The lowest BCUT2D eigenvalue weighted by Gasteiger charge is -2.20. The van der Waals surface area contributed by atoms with Crippen LogP contribution in [0.5, 0.6) is 0 Å². The van der Waals surface area contributed by atoms with Crippen LogP contribution < -0.4 is 9.62 Å². The minimum atomic E-state index is -3.79. The van der Waals surface area contributed by atoms with Crippen LogP contribution in [-0.4, -0.2) is 21.4 Å². The number of amides is 1. The zero-order chi connectivity index (χ0) is 21.2. The second-order valence-corrected chi connectivity index (χ2v) is 8.76. The summed E-state index contributed by atoms with van der Waals surface area (Å²) in [6.45, 7) is 1.87. The van der Waals surface area contributed by atoms with E-state index >= 15 is 0 Å². The van der Waals surface area contributed by atoms with Gasteiger partial charge in [0.05, 0.1) is 26.9 Å². The van der Waals surface area contributed by atoms with Gasteiger partial charge in [0.15, 0.2) is 0 Å². The first-order chi connectivity index (χ1) is 13.7. The zero-order valence-electron chi connectivity index (χ0n) is 15.7. The van der Waals surface area contributed by atoms with Gasteiger partial charge in [-0.25, -0.2) is 12.8 Å². The molecule has 3 aromatic rings. The Morgan fingerprint density at radius 2 is 1.69 bits per heavy atom. The number of anilines is 2. The monoisotopic (exact) mass is 432 g/mol. The Hall–Kier alpha value is -2.90. The molecule has 0 bridgehead atoms. The number of halogens is 2. The van der Waals surface area contributed by atoms with Crippen LogP contribution in [0.4, 0.5) is 15.8 Å². The second kappa shape index (κ2) is 8.23. The van der Waals surface area contributed by atoms with Crippen molar-refractivity contribution in [3.63, 3.8) is 0 Å². The highest BCUT2D eigenvalue weighted by molar-refractivity contribution is 7.92. The van der Waals surface area contributed by atoms with Crippen molar-refractivity contribution < 1.29 is 17.6 Å². The van der Waals surface area contributed by atoms with Gasteiger partial charge in [-0.05, 0) is 49.4 Å². The normalized spacial score (nSPS) is 11.2. The van der Waals surface area contributed by atoms with Crippen molar-refractivity contribution >= 4 is 38.9 Å². The van der Waals surface area contributed by atoms with Gasteiger partial charge in [-0.15, -0.1) is 0 Å². The highest BCUT2D eigenvalue weighted by atomic mass is 35.5. The molecule has 8 heteroatoms. The molecule has 0 spiro atoms. The van der Waals surface area contributed by atoms with E-state index in [2.05, 4.69) is 5.32 Å². The van der Waals surface area contributed by atoms with Gasteiger partial charge in [0.2, 0.25) is 0 Å². The SMILES string of the molecule is Cc1ccc(S(=O)(=O)N(C)c2ccc(C(=O)Nc3ccccc3F)c(Cl)c2)cc1. The summed E-state index contributed by atoms with van der Waals surface area (Å²) in [5.74, 6) is -1.17. The van der Waals surface area contributed by atoms with Crippen molar-refractivity contribution in [2.45, 2.75) is 11.8 Å². The van der Waals surface area contributed by atoms with Crippen molar-refractivity contribution in [1.29, 1.82) is 0 Å². The smallest absolute Gasteiger partial charge is 0.264 e. The minimum Gasteiger partial charge on any atom is -0.319 e. The van der Waals surface area contributed by atoms with Gasteiger partial charge >= 0.3 is 0 Å². The summed E-state index contributed by atoms with van der Waals surface area (Å²) in [7, 11) is -2.39. The van der Waals surface area contributed by atoms with Crippen molar-refractivity contribution in [3.05, 3.63) is 88.7 Å². The predicted molar refractivity (Wildman–Crippen MR) is 113 cm³/mol. The molecule has 0 unspecified atom stereocenters. The summed E-state index contributed by atoms with van der Waals surface area (Å²) < 4.78 is 40.4. The second-order valence-electron chi connectivity index (χ2n) is 6.38. The third-order valence-corrected chi connectivity index (χ3v) is 6.47. The number of carbonyl (C=O) groups excluding carboxylic acids is 1. The molecule has 3 rings (SSSR count). The molecule has 5 nitrogen and oxygen atoms in total. The fourth-order valence-corrected chi connectivity index (χ4v) is 4.09. The summed E-state index contributed by atoms with van der Waals surface area (Å²) in [5.41, 5.74) is 1.36. The summed E-state index contributed by atoms with van der Waals surface area (Å²) in [5, 5.41) is 2.49. The standard InChI is InChI=1S/C21H18ClFN2O3S/c1-14-7-10-16(11-8-14)29(27,28)25(2)15-9-12-17(18(22)13-15)21(26)24-20-6-4-3-5-19(20)23/h3-13H,1-2H3,(H,24,26). The van der Waals surface area contributed by atoms with Crippen molar-refractivity contribution in [3.8, 4) is 0 Å². The molecule has 29 heavy (non-hydrogen) atoms. The molecule has 0 aliphatic carbocycles. The highest BCUT2D eigenvalue weighted by Crippen LogP contribution is 2.28. The molecule has 0 fully saturated rings. The molecule has 0 atom stereocenters. The molecule has 0 saturated heterocycles. The number of hydrogen-bond donors (Lipinski definition) is 1. The van der Waals surface area contributed by atoms with Gasteiger partial charge < -0.3 is 5.32 Å². The fourth-order valence-electron chi connectivity index (χ4n) is 2.64. The van der Waals surface area contributed by atoms with Crippen molar-refractivity contribution in [1.82, 2.24) is 0 Å². The van der Waals surface area contributed by atoms with Crippen LogP contribution in [-0.2, 0) is 10.0 Å². The molecule has 0 saturated carbocycles. The van der Waals surface area contributed by atoms with Crippen LogP contribution in [0, 0.1) is 12.7 Å². The zero-order valence-corrected chi connectivity index (χ0v) is 17.3. The quantitative estimate of drug-likeness (QED) is 0.625. The Labute approximate surface area is 173 Å². The Bertz CT molecular complexity index is 1160. The molecule has 0 heterocycles. The van der Waals surface area contributed by atoms with Gasteiger partial charge in [-0.3, -0.25) is 9.10 Å². The van der Waals surface area contributed by atoms with Gasteiger partial charge in [0, 0.05) is 7.05 Å². The molecule has 0 aliphatic rings. The maximum Gasteiger partial charge on any atom is 0.264 e. The van der Waals surface area contributed by atoms with Crippen LogP contribution in [0.1, 0.15) is 15.9 Å². The van der Waals surface area contributed by atoms with Gasteiger partial charge in [-0.1, -0.05) is 41.4 Å². The first kappa shape index (κ1) is 20.8. The molecular weight excluding hydrogens is 415 g/mol. The van der Waals surface area contributed by atoms with E-state index in [0.29, 0.717) is 0 Å². The van der Waals surface area contributed by atoms with Gasteiger partial charge in [-0.2, -0.15) is 0 Å². The van der Waals surface area contributed by atoms with E-state index in [1.807, 2.05) is 6.92 Å². The number of nitrogens with one attached hydrogen (secondary N) is 1. The lowest BCUT2D eigenvalue weighted by atomic mass is 10.2. The van der Waals surface area contributed by atoms with E-state index in [-0.39, 0.29) is 26.9 Å². The Morgan fingerprint density at radius 3 is 2.31 bits per heavy atom. The van der Waals surface area contributed by atoms with Crippen LogP contribution >= 0.6 is 11.6 Å². The Kier molecular flexibility index (Phi) is 5.91. The number of para-hydroxylation sites is 1. The first-order valence-electron chi connectivity index (χ1n) is 8.61. The number of carbonyl (C=O) groups is 1. The first-order valence-corrected chi connectivity index (χ1v) is 10.4. The molecule has 3 aromatic carbocycles. The van der Waals surface area contributed by atoms with E-state index in [1.165, 1.54) is 55.6 Å². The number of sulfonamides is 1. The molecule has 1 amide bonds. The van der Waals surface area contributed by atoms with Gasteiger partial charge in [0.25, 0.3) is 15.9 Å². The topological polar surface area (TPSA) is 66.5 Å². The average molecular weight is 433 g/mol. The molecule has 0 aromatic heterocycles.